The SMILES string of the molecule is COCCCc1ccc(-c2ccc(Cl)cc2)cc1. The molecule has 0 fully saturated rings. The van der Waals surface area contributed by atoms with Crippen molar-refractivity contribution >= 4 is 11.6 Å². The van der Waals surface area contributed by atoms with E-state index in [1.807, 2.05) is 24.3 Å². The zero-order chi connectivity index (χ0) is 12.8. The number of ether oxygens (including phenoxy) is 1. The van der Waals surface area contributed by atoms with Crippen molar-refractivity contribution in [3.8, 4) is 11.1 Å². The van der Waals surface area contributed by atoms with Gasteiger partial charge in [-0.25, -0.2) is 0 Å². The molecule has 0 saturated carbocycles. The molecule has 2 aromatic carbocycles. The molecule has 0 atom stereocenters. The molecule has 0 aliphatic rings. The molecule has 0 bridgehead atoms. The third-order valence-electron chi connectivity index (χ3n) is 2.95. The van der Waals surface area contributed by atoms with Crippen LogP contribution in [-0.2, 0) is 11.2 Å². The van der Waals surface area contributed by atoms with E-state index >= 15 is 0 Å². The molecule has 0 unspecified atom stereocenters. The molecule has 0 heterocycles. The van der Waals surface area contributed by atoms with Crippen molar-refractivity contribution in [2.45, 2.75) is 12.8 Å². The fraction of sp³-hybridized carbons (Fsp3) is 0.250. The first-order chi connectivity index (χ1) is 8.79. The third-order valence-corrected chi connectivity index (χ3v) is 3.20. The van der Waals surface area contributed by atoms with Crippen LogP contribution in [0, 0.1) is 0 Å². The van der Waals surface area contributed by atoms with E-state index in [1.165, 1.54) is 16.7 Å². The number of halogens is 1. The van der Waals surface area contributed by atoms with Crippen LogP contribution in [0.1, 0.15) is 12.0 Å². The molecule has 0 aliphatic heterocycles. The van der Waals surface area contributed by atoms with Gasteiger partial charge in [0.25, 0.3) is 0 Å². The van der Waals surface area contributed by atoms with Crippen molar-refractivity contribution in [1.82, 2.24) is 0 Å². The van der Waals surface area contributed by atoms with Crippen LogP contribution in [0.3, 0.4) is 0 Å². The number of aryl methyl sites for hydroxylation is 1. The van der Waals surface area contributed by atoms with Gasteiger partial charge in [-0.05, 0) is 41.7 Å². The fourth-order valence-electron chi connectivity index (χ4n) is 1.93. The smallest absolute Gasteiger partial charge is 0.0465 e. The minimum Gasteiger partial charge on any atom is -0.385 e. The summed E-state index contributed by atoms with van der Waals surface area (Å²) in [5.74, 6) is 0. The summed E-state index contributed by atoms with van der Waals surface area (Å²) in [6.07, 6.45) is 2.13. The van der Waals surface area contributed by atoms with Crippen molar-refractivity contribution in [2.24, 2.45) is 0 Å². The predicted octanol–water partition coefficient (Wildman–Crippen LogP) is 4.59. The summed E-state index contributed by atoms with van der Waals surface area (Å²) >= 11 is 5.88. The Morgan fingerprint density at radius 2 is 1.44 bits per heavy atom. The van der Waals surface area contributed by atoms with Crippen molar-refractivity contribution in [3.63, 3.8) is 0 Å². The second-order valence-electron chi connectivity index (χ2n) is 4.30. The van der Waals surface area contributed by atoms with Gasteiger partial charge in [0, 0.05) is 18.7 Å². The summed E-state index contributed by atoms with van der Waals surface area (Å²) in [5.41, 5.74) is 3.77. The van der Waals surface area contributed by atoms with Crippen LogP contribution in [0.25, 0.3) is 11.1 Å². The molecular formula is C16H17ClO. The van der Waals surface area contributed by atoms with Gasteiger partial charge in [-0.3, -0.25) is 0 Å². The van der Waals surface area contributed by atoms with Gasteiger partial charge < -0.3 is 4.74 Å². The fourth-order valence-corrected chi connectivity index (χ4v) is 2.05. The zero-order valence-corrected chi connectivity index (χ0v) is 11.3. The summed E-state index contributed by atoms with van der Waals surface area (Å²) in [6.45, 7) is 0.818. The number of hydrogen-bond donors (Lipinski definition) is 0. The lowest BCUT2D eigenvalue weighted by Gasteiger charge is -2.05. The molecule has 0 radical (unpaired) electrons. The molecule has 94 valence electrons. The first-order valence-electron chi connectivity index (χ1n) is 6.13. The highest BCUT2D eigenvalue weighted by molar-refractivity contribution is 6.30. The average Bonchev–Trinajstić information content (AvgIpc) is 2.41. The Bertz CT molecular complexity index is 473. The first-order valence-corrected chi connectivity index (χ1v) is 6.51. The third kappa shape index (κ3) is 3.59. The van der Waals surface area contributed by atoms with Crippen LogP contribution in [0.4, 0.5) is 0 Å². The standard InChI is InChI=1S/C16H17ClO/c1-18-12-2-3-13-4-6-14(7-5-13)15-8-10-16(17)11-9-15/h4-11H,2-3,12H2,1H3. The quantitative estimate of drug-likeness (QED) is 0.715. The van der Waals surface area contributed by atoms with Crippen LogP contribution in [-0.4, -0.2) is 13.7 Å². The van der Waals surface area contributed by atoms with Gasteiger partial charge in [-0.1, -0.05) is 48.0 Å². The van der Waals surface area contributed by atoms with Crippen LogP contribution >= 0.6 is 11.6 Å². The summed E-state index contributed by atoms with van der Waals surface area (Å²) in [5, 5.41) is 0.773. The van der Waals surface area contributed by atoms with Gasteiger partial charge in [0.15, 0.2) is 0 Å². The van der Waals surface area contributed by atoms with E-state index in [0.29, 0.717) is 0 Å². The van der Waals surface area contributed by atoms with Crippen LogP contribution in [0.15, 0.2) is 48.5 Å². The maximum atomic E-state index is 5.88. The van der Waals surface area contributed by atoms with E-state index in [0.717, 1.165) is 24.5 Å². The monoisotopic (exact) mass is 260 g/mol. The van der Waals surface area contributed by atoms with Gasteiger partial charge in [0.2, 0.25) is 0 Å². The molecule has 2 rings (SSSR count). The molecule has 0 spiro atoms. The second-order valence-corrected chi connectivity index (χ2v) is 4.74. The summed E-state index contributed by atoms with van der Waals surface area (Å²) < 4.78 is 5.06. The van der Waals surface area contributed by atoms with Crippen molar-refractivity contribution in [3.05, 3.63) is 59.1 Å². The Morgan fingerprint density at radius 3 is 2.00 bits per heavy atom. The zero-order valence-electron chi connectivity index (χ0n) is 10.5. The van der Waals surface area contributed by atoms with E-state index in [4.69, 9.17) is 16.3 Å². The van der Waals surface area contributed by atoms with Crippen molar-refractivity contribution in [1.29, 1.82) is 0 Å². The largest absolute Gasteiger partial charge is 0.385 e. The van der Waals surface area contributed by atoms with Crippen LogP contribution < -0.4 is 0 Å². The maximum absolute atomic E-state index is 5.88. The maximum Gasteiger partial charge on any atom is 0.0465 e. The van der Waals surface area contributed by atoms with E-state index in [2.05, 4.69) is 24.3 Å². The lowest BCUT2D eigenvalue weighted by Crippen LogP contribution is -1.92. The number of benzene rings is 2. The van der Waals surface area contributed by atoms with E-state index < -0.39 is 0 Å². The van der Waals surface area contributed by atoms with Crippen molar-refractivity contribution in [2.75, 3.05) is 13.7 Å². The Hall–Kier alpha value is -1.31. The van der Waals surface area contributed by atoms with Gasteiger partial charge >= 0.3 is 0 Å². The average molecular weight is 261 g/mol. The second kappa shape index (κ2) is 6.58. The van der Waals surface area contributed by atoms with Gasteiger partial charge in [0.1, 0.15) is 0 Å². The van der Waals surface area contributed by atoms with Crippen LogP contribution in [0.2, 0.25) is 5.02 Å². The highest BCUT2D eigenvalue weighted by Gasteiger charge is 1.98. The highest BCUT2D eigenvalue weighted by Crippen LogP contribution is 2.22. The van der Waals surface area contributed by atoms with E-state index in [-0.39, 0.29) is 0 Å². The minimum atomic E-state index is 0.773. The topological polar surface area (TPSA) is 9.23 Å². The predicted molar refractivity (Wildman–Crippen MR) is 77.1 cm³/mol. The first kappa shape index (κ1) is 13.1. The molecule has 0 aliphatic carbocycles. The van der Waals surface area contributed by atoms with Gasteiger partial charge in [-0.2, -0.15) is 0 Å². The van der Waals surface area contributed by atoms with Gasteiger partial charge in [-0.15, -0.1) is 0 Å². The Labute approximate surface area is 113 Å². The van der Waals surface area contributed by atoms with Crippen LogP contribution in [0.5, 0.6) is 0 Å². The molecule has 1 nitrogen and oxygen atoms in total. The molecule has 0 N–H and O–H groups in total. The number of rotatable bonds is 5. The van der Waals surface area contributed by atoms with Crippen molar-refractivity contribution < 1.29 is 4.74 Å². The van der Waals surface area contributed by atoms with E-state index in [9.17, 15) is 0 Å². The molecule has 0 aromatic heterocycles. The Balaban J connectivity index is 2.05. The molecule has 2 heteroatoms. The number of hydrogen-bond acceptors (Lipinski definition) is 1. The number of methoxy groups -OCH3 is 1. The Kier molecular flexibility index (Phi) is 4.80. The summed E-state index contributed by atoms with van der Waals surface area (Å²) in [6, 6.07) is 16.6. The Morgan fingerprint density at radius 1 is 0.889 bits per heavy atom. The summed E-state index contributed by atoms with van der Waals surface area (Å²) in [7, 11) is 1.74. The molecule has 2 aromatic rings. The molecule has 0 amide bonds. The van der Waals surface area contributed by atoms with Gasteiger partial charge in [0.05, 0.1) is 0 Å². The lowest BCUT2D eigenvalue weighted by atomic mass is 10.0. The molecule has 0 saturated heterocycles. The van der Waals surface area contributed by atoms with E-state index in [1.54, 1.807) is 7.11 Å². The summed E-state index contributed by atoms with van der Waals surface area (Å²) in [4.78, 5) is 0. The normalized spacial score (nSPS) is 10.6. The minimum absolute atomic E-state index is 0.773. The highest BCUT2D eigenvalue weighted by atomic mass is 35.5. The lowest BCUT2D eigenvalue weighted by molar-refractivity contribution is 0.195. The molecular weight excluding hydrogens is 244 g/mol. The molecule has 18 heavy (non-hydrogen) atoms.